The highest BCUT2D eigenvalue weighted by atomic mass is 16.5. The van der Waals surface area contributed by atoms with Gasteiger partial charge in [0.25, 0.3) is 0 Å². The van der Waals surface area contributed by atoms with Crippen LogP contribution in [0.1, 0.15) is 40.0 Å². The van der Waals surface area contributed by atoms with Gasteiger partial charge in [0.2, 0.25) is 5.91 Å². The van der Waals surface area contributed by atoms with Gasteiger partial charge in [-0.2, -0.15) is 0 Å². The zero-order chi connectivity index (χ0) is 15.6. The lowest BCUT2D eigenvalue weighted by molar-refractivity contribution is -0.127. The molecule has 0 radical (unpaired) electrons. The molecule has 2 aliphatic rings. The van der Waals surface area contributed by atoms with E-state index in [4.69, 9.17) is 10.5 Å². The van der Waals surface area contributed by atoms with Gasteiger partial charge < -0.3 is 10.5 Å². The van der Waals surface area contributed by atoms with Gasteiger partial charge in [-0.3, -0.25) is 15.0 Å². The lowest BCUT2D eigenvalue weighted by Gasteiger charge is -2.43. The van der Waals surface area contributed by atoms with Crippen molar-refractivity contribution in [3.05, 3.63) is 0 Å². The maximum Gasteiger partial charge on any atom is 0.239 e. The number of ether oxygens (including phenoxy) is 1. The maximum absolute atomic E-state index is 12.2. The Hall–Kier alpha value is -0.650. The van der Waals surface area contributed by atoms with Crippen LogP contribution in [0.5, 0.6) is 0 Å². The minimum absolute atomic E-state index is 0.203. The quantitative estimate of drug-likeness (QED) is 0.735. The second-order valence-electron chi connectivity index (χ2n) is 7.18. The first kappa shape index (κ1) is 16.7. The molecule has 1 heterocycles. The first-order valence-electron chi connectivity index (χ1n) is 8.21. The van der Waals surface area contributed by atoms with Crippen molar-refractivity contribution in [2.24, 2.45) is 17.6 Å². The zero-order valence-electron chi connectivity index (χ0n) is 13.9. The molecule has 122 valence electrons. The number of nitrogens with zero attached hydrogens (tertiary/aromatic N) is 1. The van der Waals surface area contributed by atoms with Crippen LogP contribution in [0.4, 0.5) is 0 Å². The van der Waals surface area contributed by atoms with E-state index in [1.165, 1.54) is 0 Å². The van der Waals surface area contributed by atoms with Crippen molar-refractivity contribution >= 4 is 5.91 Å². The van der Waals surface area contributed by atoms with Crippen molar-refractivity contribution in [1.29, 1.82) is 0 Å². The van der Waals surface area contributed by atoms with Crippen LogP contribution >= 0.6 is 0 Å². The minimum atomic E-state index is -0.576. The first-order valence-corrected chi connectivity index (χ1v) is 8.21. The van der Waals surface area contributed by atoms with Gasteiger partial charge in [-0.05, 0) is 51.5 Å². The normalized spacial score (nSPS) is 30.3. The number of nitrogens with one attached hydrogen (secondary N) is 1. The fourth-order valence-corrected chi connectivity index (χ4v) is 3.64. The van der Waals surface area contributed by atoms with Crippen molar-refractivity contribution in [2.75, 3.05) is 26.7 Å². The van der Waals surface area contributed by atoms with E-state index in [2.05, 4.69) is 31.0 Å². The highest BCUT2D eigenvalue weighted by molar-refractivity contribution is 5.86. The summed E-state index contributed by atoms with van der Waals surface area (Å²) in [5.74, 6) is 0.761. The largest absolute Gasteiger partial charge is 0.380 e. The summed E-state index contributed by atoms with van der Waals surface area (Å²) in [6.07, 6.45) is 3.56. The third-order valence-corrected chi connectivity index (χ3v) is 5.01. The number of piperidine rings is 1. The van der Waals surface area contributed by atoms with Crippen LogP contribution in [0.3, 0.4) is 0 Å². The molecule has 1 saturated carbocycles. The zero-order valence-corrected chi connectivity index (χ0v) is 13.9. The Labute approximate surface area is 128 Å². The standard InChI is InChI=1S/C16H31N3O2/c1-11(2)18-16(15(17)20,13-5-6-13)10-19-8-7-12(3)14(9-19)21-4/h11-14,18H,5-10H2,1-4H3,(H2,17,20). The van der Waals surface area contributed by atoms with E-state index in [0.717, 1.165) is 32.4 Å². The molecule has 5 heteroatoms. The van der Waals surface area contributed by atoms with E-state index in [1.54, 1.807) is 7.11 Å². The fraction of sp³-hybridized carbons (Fsp3) is 0.938. The van der Waals surface area contributed by atoms with Gasteiger partial charge in [-0.15, -0.1) is 0 Å². The maximum atomic E-state index is 12.2. The lowest BCUT2D eigenvalue weighted by Crippen LogP contribution is -2.66. The van der Waals surface area contributed by atoms with E-state index in [-0.39, 0.29) is 18.1 Å². The van der Waals surface area contributed by atoms with Crippen LogP contribution in [0, 0.1) is 11.8 Å². The Morgan fingerprint density at radius 2 is 2.10 bits per heavy atom. The summed E-state index contributed by atoms with van der Waals surface area (Å²) in [5.41, 5.74) is 5.24. The molecule has 5 nitrogen and oxygen atoms in total. The number of hydrogen-bond acceptors (Lipinski definition) is 4. The first-order chi connectivity index (χ1) is 9.89. The Morgan fingerprint density at radius 1 is 1.43 bits per heavy atom. The molecule has 3 atom stereocenters. The smallest absolute Gasteiger partial charge is 0.239 e. The summed E-state index contributed by atoms with van der Waals surface area (Å²) in [6, 6.07) is 0.250. The number of primary amides is 1. The number of nitrogens with two attached hydrogens (primary N) is 1. The monoisotopic (exact) mass is 297 g/mol. The number of hydrogen-bond donors (Lipinski definition) is 2. The summed E-state index contributed by atoms with van der Waals surface area (Å²) in [5, 5.41) is 3.49. The van der Waals surface area contributed by atoms with Crippen molar-refractivity contribution in [3.63, 3.8) is 0 Å². The Balaban J connectivity index is 2.09. The summed E-state index contributed by atoms with van der Waals surface area (Å²) in [4.78, 5) is 14.6. The molecule has 0 aromatic carbocycles. The second-order valence-corrected chi connectivity index (χ2v) is 7.18. The van der Waals surface area contributed by atoms with Crippen molar-refractivity contribution in [3.8, 4) is 0 Å². The third kappa shape index (κ3) is 3.76. The Kier molecular flexibility index (Phi) is 5.28. The van der Waals surface area contributed by atoms with Crippen molar-refractivity contribution in [1.82, 2.24) is 10.2 Å². The van der Waals surface area contributed by atoms with Gasteiger partial charge in [-0.1, -0.05) is 6.92 Å². The number of likely N-dealkylation sites (tertiary alicyclic amines) is 1. The molecule has 2 rings (SSSR count). The predicted molar refractivity (Wildman–Crippen MR) is 83.9 cm³/mol. The van der Waals surface area contributed by atoms with Gasteiger partial charge in [0.1, 0.15) is 5.54 Å². The van der Waals surface area contributed by atoms with E-state index in [1.807, 2.05) is 0 Å². The van der Waals surface area contributed by atoms with Crippen LogP contribution in [0.2, 0.25) is 0 Å². The van der Waals surface area contributed by atoms with Gasteiger partial charge in [0.05, 0.1) is 6.10 Å². The van der Waals surface area contributed by atoms with Gasteiger partial charge in [0.15, 0.2) is 0 Å². The molecule has 2 fully saturated rings. The fourth-order valence-electron chi connectivity index (χ4n) is 3.64. The summed E-state index contributed by atoms with van der Waals surface area (Å²) in [7, 11) is 1.78. The van der Waals surface area contributed by atoms with Gasteiger partial charge in [-0.25, -0.2) is 0 Å². The van der Waals surface area contributed by atoms with Gasteiger partial charge in [0, 0.05) is 26.2 Å². The Bertz CT molecular complexity index is 371. The lowest BCUT2D eigenvalue weighted by atomic mass is 9.88. The number of methoxy groups -OCH3 is 1. The molecule has 21 heavy (non-hydrogen) atoms. The molecule has 3 unspecified atom stereocenters. The average Bonchev–Trinajstić information content (AvgIpc) is 3.23. The molecule has 0 spiro atoms. The minimum Gasteiger partial charge on any atom is -0.380 e. The molecule has 1 aliphatic heterocycles. The van der Waals surface area contributed by atoms with Crippen molar-refractivity contribution < 1.29 is 9.53 Å². The highest BCUT2D eigenvalue weighted by Gasteiger charge is 2.51. The molecular weight excluding hydrogens is 266 g/mol. The van der Waals surface area contributed by atoms with Gasteiger partial charge >= 0.3 is 0 Å². The van der Waals surface area contributed by atoms with Crippen LogP contribution in [0.15, 0.2) is 0 Å². The molecule has 0 aromatic rings. The summed E-state index contributed by atoms with van der Waals surface area (Å²) < 4.78 is 5.59. The number of rotatable bonds is 7. The van der Waals surface area contributed by atoms with Crippen LogP contribution < -0.4 is 11.1 Å². The Morgan fingerprint density at radius 3 is 2.57 bits per heavy atom. The summed E-state index contributed by atoms with van der Waals surface area (Å²) in [6.45, 7) is 9.01. The average molecular weight is 297 g/mol. The van der Waals surface area contributed by atoms with Crippen LogP contribution in [-0.4, -0.2) is 55.2 Å². The SMILES string of the molecule is COC1CN(CC(NC(C)C)(C(N)=O)C2CC2)CCC1C. The topological polar surface area (TPSA) is 67.6 Å². The molecule has 1 aliphatic carbocycles. The van der Waals surface area contributed by atoms with Crippen LogP contribution in [0.25, 0.3) is 0 Å². The van der Waals surface area contributed by atoms with E-state index >= 15 is 0 Å². The number of carbonyl (C=O) groups is 1. The molecule has 0 bridgehead atoms. The highest BCUT2D eigenvalue weighted by Crippen LogP contribution is 2.41. The second kappa shape index (κ2) is 6.63. The van der Waals surface area contributed by atoms with E-state index in [9.17, 15) is 4.79 Å². The van der Waals surface area contributed by atoms with Crippen molar-refractivity contribution in [2.45, 2.75) is 57.7 Å². The third-order valence-electron chi connectivity index (χ3n) is 5.01. The molecular formula is C16H31N3O2. The molecule has 1 saturated heterocycles. The van der Waals surface area contributed by atoms with Crippen LogP contribution in [-0.2, 0) is 9.53 Å². The van der Waals surface area contributed by atoms with E-state index < -0.39 is 5.54 Å². The predicted octanol–water partition coefficient (Wildman–Crippen LogP) is 0.975. The number of carbonyl (C=O) groups excluding carboxylic acids is 1. The number of amides is 1. The molecule has 0 aromatic heterocycles. The van der Waals surface area contributed by atoms with E-state index in [0.29, 0.717) is 18.4 Å². The molecule has 3 N–H and O–H groups in total. The summed E-state index contributed by atoms with van der Waals surface area (Å²) >= 11 is 0. The molecule has 1 amide bonds.